The Labute approximate surface area is 122 Å². The van der Waals surface area contributed by atoms with E-state index in [1.165, 1.54) is 0 Å². The zero-order valence-electron chi connectivity index (χ0n) is 11.8. The Morgan fingerprint density at radius 3 is 2.90 bits per heavy atom. The highest BCUT2D eigenvalue weighted by atomic mass is 32.1. The number of nitrogens with one attached hydrogen (secondary N) is 1. The van der Waals surface area contributed by atoms with Crippen molar-refractivity contribution in [1.82, 2.24) is 10.3 Å². The van der Waals surface area contributed by atoms with Gasteiger partial charge in [0.2, 0.25) is 5.91 Å². The van der Waals surface area contributed by atoms with Crippen LogP contribution in [0.15, 0.2) is 24.3 Å². The molecule has 2 N–H and O–H groups in total. The minimum Gasteiger partial charge on any atom is -0.388 e. The number of rotatable bonds is 6. The zero-order chi connectivity index (χ0) is 14.6. The minimum absolute atomic E-state index is 0.0435. The molecule has 2 aromatic rings. The van der Waals surface area contributed by atoms with Gasteiger partial charge in [-0.05, 0) is 25.5 Å². The number of carbonyl (C=O) groups excluding carboxylic acids is 1. The molecule has 2 rings (SSSR count). The summed E-state index contributed by atoms with van der Waals surface area (Å²) in [6.45, 7) is 3.91. The Hall–Kier alpha value is -1.46. The number of para-hydroxylation sites is 1. The number of hydrogen-bond donors (Lipinski definition) is 2. The summed E-state index contributed by atoms with van der Waals surface area (Å²) in [6.07, 6.45) is 1.66. The van der Waals surface area contributed by atoms with Crippen molar-refractivity contribution in [2.45, 2.75) is 38.7 Å². The van der Waals surface area contributed by atoms with Gasteiger partial charge in [0.15, 0.2) is 0 Å². The molecule has 1 aromatic carbocycles. The molecular weight excluding hydrogens is 272 g/mol. The molecule has 0 aliphatic carbocycles. The third-order valence-corrected chi connectivity index (χ3v) is 4.43. The molecule has 1 unspecified atom stereocenters. The highest BCUT2D eigenvalue weighted by Crippen LogP contribution is 2.22. The SMILES string of the molecule is CCC(C)(O)CNC(=O)CCc1nc2ccccc2s1. The first kappa shape index (κ1) is 14.9. The van der Waals surface area contributed by atoms with Crippen molar-refractivity contribution in [1.29, 1.82) is 0 Å². The van der Waals surface area contributed by atoms with Crippen molar-refractivity contribution in [3.05, 3.63) is 29.3 Å². The first-order chi connectivity index (χ1) is 9.50. The lowest BCUT2D eigenvalue weighted by Crippen LogP contribution is -2.40. The van der Waals surface area contributed by atoms with E-state index in [9.17, 15) is 9.90 Å². The summed E-state index contributed by atoms with van der Waals surface area (Å²) in [6, 6.07) is 7.97. The lowest BCUT2D eigenvalue weighted by Gasteiger charge is -2.21. The van der Waals surface area contributed by atoms with Gasteiger partial charge >= 0.3 is 0 Å². The van der Waals surface area contributed by atoms with Gasteiger partial charge in [-0.25, -0.2) is 4.98 Å². The topological polar surface area (TPSA) is 62.2 Å². The highest BCUT2D eigenvalue weighted by molar-refractivity contribution is 7.18. The number of carbonyl (C=O) groups is 1. The maximum atomic E-state index is 11.7. The van der Waals surface area contributed by atoms with Gasteiger partial charge in [-0.3, -0.25) is 4.79 Å². The minimum atomic E-state index is -0.828. The van der Waals surface area contributed by atoms with E-state index in [-0.39, 0.29) is 5.91 Å². The van der Waals surface area contributed by atoms with E-state index in [4.69, 9.17) is 0 Å². The number of aryl methyl sites for hydroxylation is 1. The number of hydrogen-bond acceptors (Lipinski definition) is 4. The monoisotopic (exact) mass is 292 g/mol. The summed E-state index contributed by atoms with van der Waals surface area (Å²) in [7, 11) is 0. The Kier molecular flexibility index (Phi) is 4.73. The average Bonchev–Trinajstić information content (AvgIpc) is 2.86. The number of fused-ring (bicyclic) bond motifs is 1. The molecule has 0 aliphatic rings. The molecule has 108 valence electrons. The van der Waals surface area contributed by atoms with E-state index < -0.39 is 5.60 Å². The van der Waals surface area contributed by atoms with Crippen LogP contribution in [0.25, 0.3) is 10.2 Å². The van der Waals surface area contributed by atoms with E-state index in [1.54, 1.807) is 18.3 Å². The van der Waals surface area contributed by atoms with E-state index in [0.717, 1.165) is 15.2 Å². The number of nitrogens with zero attached hydrogens (tertiary/aromatic N) is 1. The molecular formula is C15H20N2O2S. The van der Waals surface area contributed by atoms with E-state index >= 15 is 0 Å². The largest absolute Gasteiger partial charge is 0.388 e. The Balaban J connectivity index is 1.84. The van der Waals surface area contributed by atoms with Crippen LogP contribution in [0.4, 0.5) is 0 Å². The van der Waals surface area contributed by atoms with Crippen molar-refractivity contribution < 1.29 is 9.90 Å². The van der Waals surface area contributed by atoms with Gasteiger partial charge in [-0.1, -0.05) is 19.1 Å². The van der Waals surface area contributed by atoms with Crippen LogP contribution in [0.5, 0.6) is 0 Å². The lowest BCUT2D eigenvalue weighted by atomic mass is 10.0. The van der Waals surface area contributed by atoms with E-state index in [1.807, 2.05) is 31.2 Å². The van der Waals surface area contributed by atoms with Gasteiger partial charge in [0.05, 0.1) is 20.8 Å². The third-order valence-electron chi connectivity index (χ3n) is 3.33. The summed E-state index contributed by atoms with van der Waals surface area (Å²) < 4.78 is 1.15. The van der Waals surface area contributed by atoms with Crippen LogP contribution in [0.1, 0.15) is 31.7 Å². The van der Waals surface area contributed by atoms with Crippen LogP contribution in [0.3, 0.4) is 0 Å². The number of aliphatic hydroxyl groups is 1. The molecule has 0 bridgehead atoms. The molecule has 0 saturated carbocycles. The molecule has 0 radical (unpaired) electrons. The van der Waals surface area contributed by atoms with Crippen molar-refractivity contribution in [2.75, 3.05) is 6.54 Å². The number of benzene rings is 1. The van der Waals surface area contributed by atoms with Crippen LogP contribution in [0, 0.1) is 0 Å². The molecule has 0 saturated heterocycles. The molecule has 0 spiro atoms. The molecule has 1 atom stereocenters. The van der Waals surface area contributed by atoms with Crippen LogP contribution in [-0.2, 0) is 11.2 Å². The molecule has 5 heteroatoms. The second-order valence-electron chi connectivity index (χ2n) is 5.20. The molecule has 1 aromatic heterocycles. The van der Waals surface area contributed by atoms with Gasteiger partial charge in [0.25, 0.3) is 0 Å². The average molecular weight is 292 g/mol. The normalized spacial score (nSPS) is 14.2. The van der Waals surface area contributed by atoms with Gasteiger partial charge < -0.3 is 10.4 Å². The summed E-state index contributed by atoms with van der Waals surface area (Å²) in [5, 5.41) is 13.6. The summed E-state index contributed by atoms with van der Waals surface area (Å²) >= 11 is 1.63. The quantitative estimate of drug-likeness (QED) is 0.860. The molecule has 0 aliphatic heterocycles. The maximum Gasteiger partial charge on any atom is 0.220 e. The zero-order valence-corrected chi connectivity index (χ0v) is 12.7. The first-order valence-electron chi connectivity index (χ1n) is 6.84. The van der Waals surface area contributed by atoms with Crippen molar-refractivity contribution in [3.8, 4) is 0 Å². The van der Waals surface area contributed by atoms with Gasteiger partial charge in [-0.2, -0.15) is 0 Å². The van der Waals surface area contributed by atoms with Crippen molar-refractivity contribution >= 4 is 27.5 Å². The number of thiazole rings is 1. The number of amides is 1. The third kappa shape index (κ3) is 4.02. The fourth-order valence-electron chi connectivity index (χ4n) is 1.75. The van der Waals surface area contributed by atoms with Gasteiger partial charge in [0.1, 0.15) is 0 Å². The maximum absolute atomic E-state index is 11.7. The Bertz CT molecular complexity index is 559. The van der Waals surface area contributed by atoms with Crippen molar-refractivity contribution in [2.24, 2.45) is 0 Å². The molecule has 20 heavy (non-hydrogen) atoms. The smallest absolute Gasteiger partial charge is 0.220 e. The molecule has 1 amide bonds. The standard InChI is InChI=1S/C15H20N2O2S/c1-3-15(2,19)10-16-13(18)8-9-14-17-11-6-4-5-7-12(11)20-14/h4-7,19H,3,8-10H2,1-2H3,(H,16,18). The van der Waals surface area contributed by atoms with Gasteiger partial charge in [-0.15, -0.1) is 11.3 Å². The Morgan fingerprint density at radius 2 is 2.20 bits per heavy atom. The lowest BCUT2D eigenvalue weighted by molar-refractivity contribution is -0.122. The first-order valence-corrected chi connectivity index (χ1v) is 7.65. The van der Waals surface area contributed by atoms with E-state index in [0.29, 0.717) is 25.8 Å². The van der Waals surface area contributed by atoms with Crippen molar-refractivity contribution in [3.63, 3.8) is 0 Å². The van der Waals surface area contributed by atoms with E-state index in [2.05, 4.69) is 10.3 Å². The van der Waals surface area contributed by atoms with Crippen LogP contribution < -0.4 is 5.32 Å². The summed E-state index contributed by atoms with van der Waals surface area (Å²) in [5.41, 5.74) is 0.160. The summed E-state index contributed by atoms with van der Waals surface area (Å²) in [4.78, 5) is 16.2. The highest BCUT2D eigenvalue weighted by Gasteiger charge is 2.18. The molecule has 4 nitrogen and oxygen atoms in total. The van der Waals surface area contributed by atoms with Crippen LogP contribution >= 0.6 is 11.3 Å². The number of aromatic nitrogens is 1. The van der Waals surface area contributed by atoms with Gasteiger partial charge in [0, 0.05) is 19.4 Å². The van der Waals surface area contributed by atoms with Crippen LogP contribution in [-0.4, -0.2) is 28.1 Å². The predicted molar refractivity (Wildman–Crippen MR) is 81.9 cm³/mol. The fourth-order valence-corrected chi connectivity index (χ4v) is 2.72. The fraction of sp³-hybridized carbons (Fsp3) is 0.467. The molecule has 0 fully saturated rings. The second kappa shape index (κ2) is 6.33. The molecule has 1 heterocycles. The predicted octanol–water partition coefficient (Wildman–Crippen LogP) is 2.51. The Morgan fingerprint density at radius 1 is 1.45 bits per heavy atom. The second-order valence-corrected chi connectivity index (χ2v) is 6.32. The van der Waals surface area contributed by atoms with Crippen LogP contribution in [0.2, 0.25) is 0 Å². The summed E-state index contributed by atoms with van der Waals surface area (Å²) in [5.74, 6) is -0.0435.